The van der Waals surface area contributed by atoms with Gasteiger partial charge in [-0.05, 0) is 175 Å². The average molecular weight is 926 g/mol. The Labute approximate surface area is 419 Å². The van der Waals surface area contributed by atoms with Gasteiger partial charge < -0.3 is 13.7 Å². The largest absolute Gasteiger partial charge is 0.309 e. The second kappa shape index (κ2) is 15.2. The summed E-state index contributed by atoms with van der Waals surface area (Å²) >= 11 is 0. The summed E-state index contributed by atoms with van der Waals surface area (Å²) in [6.45, 7) is 32.4. The zero-order valence-electron chi connectivity index (χ0n) is 44.3. The molecule has 3 heteroatoms. The summed E-state index contributed by atoms with van der Waals surface area (Å²) in [7, 11) is 0. The van der Waals surface area contributed by atoms with E-state index in [1.165, 1.54) is 120 Å². The van der Waals surface area contributed by atoms with Crippen LogP contribution in [0.5, 0.6) is 0 Å². The molecule has 0 fully saturated rings. The van der Waals surface area contributed by atoms with Crippen LogP contribution in [0.4, 0.5) is 0 Å². The lowest BCUT2D eigenvalue weighted by Crippen LogP contribution is -2.10. The highest BCUT2D eigenvalue weighted by atomic mass is 15.0. The Morgan fingerprint density at radius 2 is 0.521 bits per heavy atom. The van der Waals surface area contributed by atoms with Gasteiger partial charge in [0.1, 0.15) is 0 Å². The first kappa shape index (κ1) is 45.1. The van der Waals surface area contributed by atoms with Crippen LogP contribution in [-0.4, -0.2) is 13.7 Å². The third-order valence-corrected chi connectivity index (χ3v) is 16.0. The van der Waals surface area contributed by atoms with Gasteiger partial charge >= 0.3 is 0 Å². The molecule has 3 nitrogen and oxygen atoms in total. The van der Waals surface area contributed by atoms with Crippen LogP contribution < -0.4 is 0 Å². The van der Waals surface area contributed by atoms with Gasteiger partial charge in [-0.2, -0.15) is 0 Å². The molecule has 0 spiro atoms. The highest BCUT2D eigenvalue weighted by molar-refractivity contribution is 6.15. The number of benzene rings is 9. The summed E-state index contributed by atoms with van der Waals surface area (Å²) in [6.07, 6.45) is 0. The molecule has 0 unspecified atom stereocenters. The molecule has 0 saturated carbocycles. The zero-order chi connectivity index (χ0) is 49.8. The van der Waals surface area contributed by atoms with Gasteiger partial charge in [0.05, 0.1) is 33.1 Å². The van der Waals surface area contributed by atoms with Gasteiger partial charge in [0.2, 0.25) is 0 Å². The number of aromatic nitrogens is 3. The second-order valence-corrected chi connectivity index (χ2v) is 24.9. The first-order chi connectivity index (χ1) is 33.6. The average Bonchev–Trinajstić information content (AvgIpc) is 3.95. The maximum atomic E-state index is 2.55. The quantitative estimate of drug-likeness (QED) is 0.157. The predicted octanol–water partition coefficient (Wildman–Crippen LogP) is 19.1. The second-order valence-electron chi connectivity index (χ2n) is 24.9. The third-order valence-electron chi connectivity index (χ3n) is 16.0. The summed E-state index contributed by atoms with van der Waals surface area (Å²) in [5.41, 5.74) is 18.8. The Kier molecular flexibility index (Phi) is 9.65. The van der Waals surface area contributed by atoms with Crippen molar-refractivity contribution in [2.75, 3.05) is 0 Å². The fourth-order valence-electron chi connectivity index (χ4n) is 11.8. The van der Waals surface area contributed by atoms with Gasteiger partial charge in [-0.1, -0.05) is 150 Å². The summed E-state index contributed by atoms with van der Waals surface area (Å²) < 4.78 is 7.56. The van der Waals surface area contributed by atoms with Crippen molar-refractivity contribution in [3.63, 3.8) is 0 Å². The molecule has 0 aliphatic rings. The van der Waals surface area contributed by atoms with Crippen LogP contribution in [0.2, 0.25) is 0 Å². The standard InChI is InChI=1S/C68H67N3/c1-40-49-17-15-16-18-50(49)41(2)54-37-46(23-26-51(40)54)71-63-38-47(69-59-29-19-42(65(3,4)5)33-55(59)56-34-43(66(6,7)8)20-30-60(56)69)24-27-52(63)53-28-25-48(39-64(53)71)70-61-31-21-44(67(9,10)11)35-57(61)58-36-45(68(12,13)14)22-32-62(58)70/h15-39H,1-14H3. The van der Waals surface area contributed by atoms with E-state index >= 15 is 0 Å². The van der Waals surface area contributed by atoms with E-state index in [9.17, 15) is 0 Å². The first-order valence-corrected chi connectivity index (χ1v) is 25.8. The van der Waals surface area contributed by atoms with E-state index in [1.54, 1.807) is 0 Å². The van der Waals surface area contributed by atoms with E-state index in [4.69, 9.17) is 0 Å². The smallest absolute Gasteiger partial charge is 0.0561 e. The van der Waals surface area contributed by atoms with Crippen molar-refractivity contribution in [3.05, 3.63) is 185 Å². The molecule has 12 rings (SSSR count). The van der Waals surface area contributed by atoms with E-state index in [2.05, 4.69) is 262 Å². The van der Waals surface area contributed by atoms with E-state index in [0.29, 0.717) is 0 Å². The van der Waals surface area contributed by atoms with Crippen molar-refractivity contribution in [1.29, 1.82) is 0 Å². The predicted molar refractivity (Wildman–Crippen MR) is 309 cm³/mol. The van der Waals surface area contributed by atoms with Gasteiger partial charge in [0, 0.05) is 49.4 Å². The molecule has 0 N–H and O–H groups in total. The van der Waals surface area contributed by atoms with Crippen molar-refractivity contribution in [3.8, 4) is 17.1 Å². The number of fused-ring (bicyclic) bond motifs is 11. The summed E-state index contributed by atoms with van der Waals surface area (Å²) in [5, 5.41) is 12.9. The highest BCUT2D eigenvalue weighted by Gasteiger charge is 2.25. The van der Waals surface area contributed by atoms with Crippen LogP contribution in [0.3, 0.4) is 0 Å². The van der Waals surface area contributed by atoms with E-state index in [1.807, 2.05) is 0 Å². The normalized spacial score (nSPS) is 13.2. The molecule has 0 radical (unpaired) electrons. The molecule has 9 aromatic carbocycles. The molecule has 12 aromatic rings. The summed E-state index contributed by atoms with van der Waals surface area (Å²) in [4.78, 5) is 0. The number of hydrogen-bond donors (Lipinski definition) is 0. The molecule has 3 heterocycles. The lowest BCUT2D eigenvalue weighted by molar-refractivity contribution is 0.590. The Hall–Kier alpha value is -7.10. The third kappa shape index (κ3) is 6.97. The van der Waals surface area contributed by atoms with Crippen LogP contribution in [0.1, 0.15) is 116 Å². The molecule has 3 aromatic heterocycles. The molecule has 0 aliphatic carbocycles. The molecule has 0 bridgehead atoms. The zero-order valence-corrected chi connectivity index (χ0v) is 44.3. The lowest BCUT2D eigenvalue weighted by atomic mass is 9.85. The molecule has 354 valence electrons. The van der Waals surface area contributed by atoms with Gasteiger partial charge in [0.15, 0.2) is 0 Å². The molecule has 71 heavy (non-hydrogen) atoms. The van der Waals surface area contributed by atoms with Gasteiger partial charge in [0.25, 0.3) is 0 Å². The molecule has 0 atom stereocenters. The fourth-order valence-corrected chi connectivity index (χ4v) is 11.8. The number of hydrogen-bond acceptors (Lipinski definition) is 0. The van der Waals surface area contributed by atoms with Gasteiger partial charge in [-0.3, -0.25) is 0 Å². The van der Waals surface area contributed by atoms with E-state index in [0.717, 1.165) is 17.1 Å². The summed E-state index contributed by atoms with van der Waals surface area (Å²) in [5.74, 6) is 0. The minimum absolute atomic E-state index is 0.0238. The fraction of sp³-hybridized carbons (Fsp3) is 0.265. The van der Waals surface area contributed by atoms with Crippen LogP contribution in [0.25, 0.3) is 104 Å². The minimum atomic E-state index is 0.0238. The lowest BCUT2D eigenvalue weighted by Gasteiger charge is -2.19. The maximum absolute atomic E-state index is 2.55. The van der Waals surface area contributed by atoms with Gasteiger partial charge in [-0.15, -0.1) is 0 Å². The molecular weight excluding hydrogens is 859 g/mol. The van der Waals surface area contributed by atoms with Crippen LogP contribution in [-0.2, 0) is 21.7 Å². The molecule has 0 amide bonds. The Balaban J connectivity index is 1.17. The molecule has 0 saturated heterocycles. The van der Waals surface area contributed by atoms with Crippen molar-refractivity contribution in [2.45, 2.75) is 119 Å². The van der Waals surface area contributed by atoms with Gasteiger partial charge in [-0.25, -0.2) is 0 Å². The number of rotatable bonds is 3. The van der Waals surface area contributed by atoms with E-state index < -0.39 is 0 Å². The van der Waals surface area contributed by atoms with Crippen molar-refractivity contribution in [2.24, 2.45) is 0 Å². The number of aryl methyl sites for hydroxylation is 2. The topological polar surface area (TPSA) is 14.8 Å². The SMILES string of the molecule is Cc1c2ccccc2c(C)c2cc(-n3c4cc(-n5c6ccc(C(C)(C)C)cc6c6cc(C(C)(C)C)ccc65)ccc4c4ccc(-n5c6ccc(C(C)(C)C)cc6c6cc(C(C)(C)C)ccc65)cc43)ccc12. The van der Waals surface area contributed by atoms with Crippen molar-refractivity contribution >= 4 is 87.0 Å². The van der Waals surface area contributed by atoms with Crippen LogP contribution >= 0.6 is 0 Å². The van der Waals surface area contributed by atoms with Crippen molar-refractivity contribution in [1.82, 2.24) is 13.7 Å². The first-order valence-electron chi connectivity index (χ1n) is 25.8. The maximum Gasteiger partial charge on any atom is 0.0561 e. The van der Waals surface area contributed by atoms with Crippen LogP contribution in [0, 0.1) is 13.8 Å². The highest BCUT2D eigenvalue weighted by Crippen LogP contribution is 2.43. The Morgan fingerprint density at radius 3 is 0.859 bits per heavy atom. The number of nitrogens with zero attached hydrogens (tertiary/aromatic N) is 3. The summed E-state index contributed by atoms with van der Waals surface area (Å²) in [6, 6.07) is 59.0. The van der Waals surface area contributed by atoms with Crippen LogP contribution in [0.15, 0.2) is 152 Å². The minimum Gasteiger partial charge on any atom is -0.309 e. The molecular formula is C68H67N3. The Morgan fingerprint density at radius 1 is 0.239 bits per heavy atom. The van der Waals surface area contributed by atoms with Crippen molar-refractivity contribution < 1.29 is 0 Å². The van der Waals surface area contributed by atoms with E-state index in [-0.39, 0.29) is 21.7 Å². The monoisotopic (exact) mass is 926 g/mol. The molecule has 0 aliphatic heterocycles. The Bertz CT molecular complexity index is 3860.